The summed E-state index contributed by atoms with van der Waals surface area (Å²) in [6.07, 6.45) is 1.26. The normalized spacial score (nSPS) is 20.4. The molecular formula is C15H21Cl2NO2. The third kappa shape index (κ3) is 4.26. The maximum atomic E-state index is 6.19. The Morgan fingerprint density at radius 3 is 2.80 bits per heavy atom. The summed E-state index contributed by atoms with van der Waals surface area (Å²) in [6.45, 7) is 6.58. The topological polar surface area (TPSA) is 30.5 Å². The average molecular weight is 318 g/mol. The zero-order valence-corrected chi connectivity index (χ0v) is 13.4. The second kappa shape index (κ2) is 7.51. The zero-order valence-electron chi connectivity index (χ0n) is 11.9. The third-order valence-corrected chi connectivity index (χ3v) is 4.21. The van der Waals surface area contributed by atoms with Crippen molar-refractivity contribution >= 4 is 23.2 Å². The van der Waals surface area contributed by atoms with E-state index in [9.17, 15) is 0 Å². The lowest BCUT2D eigenvalue weighted by molar-refractivity contribution is -0.00362. The lowest BCUT2D eigenvalue weighted by atomic mass is 10.0. The van der Waals surface area contributed by atoms with Gasteiger partial charge in [-0.25, -0.2) is 0 Å². The molecule has 0 spiro atoms. The molecule has 0 saturated carbocycles. The molecule has 5 heteroatoms. The van der Waals surface area contributed by atoms with Crippen molar-refractivity contribution in [3.63, 3.8) is 0 Å². The van der Waals surface area contributed by atoms with Gasteiger partial charge < -0.3 is 14.8 Å². The number of nitrogens with one attached hydrogen (secondary N) is 1. The van der Waals surface area contributed by atoms with Crippen molar-refractivity contribution < 1.29 is 9.47 Å². The molecule has 2 unspecified atom stereocenters. The Balaban J connectivity index is 2.07. The van der Waals surface area contributed by atoms with Crippen LogP contribution in [0.4, 0.5) is 0 Å². The Kier molecular flexibility index (Phi) is 5.97. The van der Waals surface area contributed by atoms with E-state index in [0.717, 1.165) is 19.5 Å². The monoisotopic (exact) mass is 317 g/mol. The van der Waals surface area contributed by atoms with Crippen molar-refractivity contribution in [1.29, 1.82) is 0 Å². The first kappa shape index (κ1) is 15.9. The van der Waals surface area contributed by atoms with Gasteiger partial charge in [0.15, 0.2) is 0 Å². The van der Waals surface area contributed by atoms with Crippen LogP contribution in [0.5, 0.6) is 5.75 Å². The lowest BCUT2D eigenvalue weighted by Gasteiger charge is -2.25. The molecule has 1 saturated heterocycles. The Morgan fingerprint density at radius 1 is 1.35 bits per heavy atom. The summed E-state index contributed by atoms with van der Waals surface area (Å²) in [6, 6.07) is 5.45. The van der Waals surface area contributed by atoms with Gasteiger partial charge in [-0.15, -0.1) is 0 Å². The summed E-state index contributed by atoms with van der Waals surface area (Å²) in [5, 5.41) is 4.34. The highest BCUT2D eigenvalue weighted by Crippen LogP contribution is 2.33. The molecule has 2 rings (SSSR count). The van der Waals surface area contributed by atoms with Crippen LogP contribution in [0.15, 0.2) is 18.2 Å². The molecule has 1 aromatic carbocycles. The van der Waals surface area contributed by atoms with E-state index in [1.54, 1.807) is 6.07 Å². The van der Waals surface area contributed by atoms with Crippen LogP contribution < -0.4 is 10.1 Å². The summed E-state index contributed by atoms with van der Waals surface area (Å²) >= 11 is 12.2. The minimum absolute atomic E-state index is 0.0108. The first-order chi connectivity index (χ1) is 9.58. The van der Waals surface area contributed by atoms with E-state index in [4.69, 9.17) is 32.7 Å². The van der Waals surface area contributed by atoms with Gasteiger partial charge in [-0.3, -0.25) is 0 Å². The number of benzene rings is 1. The summed E-state index contributed by atoms with van der Waals surface area (Å²) < 4.78 is 11.8. The Hall–Kier alpha value is -0.480. The molecule has 1 heterocycles. The van der Waals surface area contributed by atoms with Crippen molar-refractivity contribution in [3.8, 4) is 5.75 Å². The summed E-state index contributed by atoms with van der Waals surface area (Å²) in [5.74, 6) is 1.06. The summed E-state index contributed by atoms with van der Waals surface area (Å²) in [5.41, 5.74) is 0. The molecule has 20 heavy (non-hydrogen) atoms. The van der Waals surface area contributed by atoms with E-state index in [-0.39, 0.29) is 12.2 Å². The van der Waals surface area contributed by atoms with Gasteiger partial charge in [0.1, 0.15) is 16.9 Å². The Morgan fingerprint density at radius 2 is 2.15 bits per heavy atom. The highest BCUT2D eigenvalue weighted by atomic mass is 35.5. The molecule has 3 nitrogen and oxygen atoms in total. The highest BCUT2D eigenvalue weighted by Gasteiger charge is 2.27. The average Bonchev–Trinajstić information content (AvgIpc) is 2.93. The lowest BCUT2D eigenvalue weighted by Crippen LogP contribution is -2.34. The van der Waals surface area contributed by atoms with Crippen LogP contribution in [0.3, 0.4) is 0 Å². The fraction of sp³-hybridized carbons (Fsp3) is 0.600. The SMILES string of the molecule is CC(C)OCC(Oc1cccc(Cl)c1Cl)C1CCNC1. The van der Waals surface area contributed by atoms with Gasteiger partial charge in [0.25, 0.3) is 0 Å². The predicted molar refractivity (Wildman–Crippen MR) is 82.9 cm³/mol. The molecule has 0 aliphatic carbocycles. The van der Waals surface area contributed by atoms with Crippen LogP contribution in [-0.4, -0.2) is 31.9 Å². The molecule has 1 N–H and O–H groups in total. The molecule has 112 valence electrons. The number of halogens is 2. The minimum Gasteiger partial charge on any atom is -0.486 e. The van der Waals surface area contributed by atoms with E-state index < -0.39 is 0 Å². The van der Waals surface area contributed by atoms with Crippen LogP contribution in [0.2, 0.25) is 10.0 Å². The van der Waals surface area contributed by atoms with Gasteiger partial charge in [0.05, 0.1) is 17.7 Å². The standard InChI is InChI=1S/C15H21Cl2NO2/c1-10(2)19-9-14(11-6-7-18-8-11)20-13-5-3-4-12(16)15(13)17/h3-5,10-11,14,18H,6-9H2,1-2H3. The van der Waals surface area contributed by atoms with Gasteiger partial charge >= 0.3 is 0 Å². The maximum absolute atomic E-state index is 6.19. The van der Waals surface area contributed by atoms with Gasteiger partial charge in [0, 0.05) is 12.5 Å². The molecular weight excluding hydrogens is 297 g/mol. The molecule has 1 aromatic rings. The van der Waals surface area contributed by atoms with Crippen molar-refractivity contribution in [2.75, 3.05) is 19.7 Å². The second-order valence-electron chi connectivity index (χ2n) is 5.34. The zero-order chi connectivity index (χ0) is 14.5. The molecule has 1 aliphatic rings. The van der Waals surface area contributed by atoms with Crippen molar-refractivity contribution in [3.05, 3.63) is 28.2 Å². The number of ether oxygens (including phenoxy) is 2. The van der Waals surface area contributed by atoms with E-state index in [0.29, 0.717) is 28.3 Å². The van der Waals surface area contributed by atoms with E-state index >= 15 is 0 Å². The number of hydrogen-bond acceptors (Lipinski definition) is 3. The summed E-state index contributed by atoms with van der Waals surface area (Å²) in [7, 11) is 0. The van der Waals surface area contributed by atoms with Gasteiger partial charge in [-0.1, -0.05) is 29.3 Å². The second-order valence-corrected chi connectivity index (χ2v) is 6.13. The molecule has 0 aromatic heterocycles. The van der Waals surface area contributed by atoms with Crippen molar-refractivity contribution in [2.45, 2.75) is 32.5 Å². The van der Waals surface area contributed by atoms with Crippen LogP contribution >= 0.6 is 23.2 Å². The predicted octanol–water partition coefficient (Wildman–Crippen LogP) is 3.78. The molecule has 0 amide bonds. The van der Waals surface area contributed by atoms with Gasteiger partial charge in [-0.05, 0) is 38.9 Å². The summed E-state index contributed by atoms with van der Waals surface area (Å²) in [4.78, 5) is 0. The quantitative estimate of drug-likeness (QED) is 0.866. The van der Waals surface area contributed by atoms with Crippen LogP contribution in [0, 0.1) is 5.92 Å². The molecule has 0 bridgehead atoms. The third-order valence-electron chi connectivity index (χ3n) is 3.41. The van der Waals surface area contributed by atoms with Crippen LogP contribution in [0.1, 0.15) is 20.3 Å². The highest BCUT2D eigenvalue weighted by molar-refractivity contribution is 6.42. The Labute approximate surface area is 130 Å². The van der Waals surface area contributed by atoms with E-state index in [1.807, 2.05) is 26.0 Å². The minimum atomic E-state index is -0.0108. The van der Waals surface area contributed by atoms with E-state index in [1.165, 1.54) is 0 Å². The molecule has 0 radical (unpaired) electrons. The fourth-order valence-corrected chi connectivity index (χ4v) is 2.62. The smallest absolute Gasteiger partial charge is 0.139 e. The fourth-order valence-electron chi connectivity index (χ4n) is 2.29. The Bertz CT molecular complexity index is 434. The first-order valence-corrected chi connectivity index (χ1v) is 7.76. The molecule has 2 atom stereocenters. The molecule has 1 aliphatic heterocycles. The van der Waals surface area contributed by atoms with Crippen molar-refractivity contribution in [1.82, 2.24) is 5.32 Å². The number of rotatable bonds is 6. The maximum Gasteiger partial charge on any atom is 0.139 e. The van der Waals surface area contributed by atoms with Gasteiger partial charge in [0.2, 0.25) is 0 Å². The van der Waals surface area contributed by atoms with Crippen LogP contribution in [0.25, 0.3) is 0 Å². The van der Waals surface area contributed by atoms with Gasteiger partial charge in [-0.2, -0.15) is 0 Å². The largest absolute Gasteiger partial charge is 0.486 e. The molecule has 1 fully saturated rings. The van der Waals surface area contributed by atoms with Crippen LogP contribution in [-0.2, 0) is 4.74 Å². The van der Waals surface area contributed by atoms with E-state index in [2.05, 4.69) is 5.32 Å². The number of hydrogen-bond donors (Lipinski definition) is 1. The first-order valence-electron chi connectivity index (χ1n) is 7.01. The van der Waals surface area contributed by atoms with Crippen molar-refractivity contribution in [2.24, 2.45) is 5.92 Å².